The Labute approximate surface area is 139 Å². The molecule has 126 valence electrons. The van der Waals surface area contributed by atoms with Crippen molar-refractivity contribution in [2.24, 2.45) is 11.7 Å². The molecule has 1 aromatic carbocycles. The number of carboxylic acids is 1. The maximum atomic E-state index is 12.8. The number of sulfonamides is 1. The normalized spacial score (nSPS) is 19.5. The van der Waals surface area contributed by atoms with Gasteiger partial charge in [-0.25, -0.2) is 13.2 Å². The predicted molar refractivity (Wildman–Crippen MR) is 83.8 cm³/mol. The fourth-order valence-corrected chi connectivity index (χ4v) is 4.65. The first-order chi connectivity index (χ1) is 10.6. The van der Waals surface area contributed by atoms with Crippen molar-refractivity contribution < 1.29 is 23.1 Å². The number of carbonyl (C=O) groups is 2. The van der Waals surface area contributed by atoms with E-state index in [0.717, 1.165) is 10.4 Å². The summed E-state index contributed by atoms with van der Waals surface area (Å²) in [6.07, 6.45) is 1.05. The molecule has 1 aliphatic rings. The van der Waals surface area contributed by atoms with Gasteiger partial charge in [-0.1, -0.05) is 11.6 Å². The quantitative estimate of drug-likeness (QED) is 0.837. The molecule has 0 radical (unpaired) electrons. The Morgan fingerprint density at radius 1 is 1.39 bits per heavy atom. The second kappa shape index (κ2) is 6.46. The lowest BCUT2D eigenvalue weighted by molar-refractivity contribution is -0.122. The summed E-state index contributed by atoms with van der Waals surface area (Å²) in [5.41, 5.74) is 5.34. The zero-order chi connectivity index (χ0) is 17.4. The molecule has 0 bridgehead atoms. The summed E-state index contributed by atoms with van der Waals surface area (Å²) in [6.45, 7) is 1.75. The van der Waals surface area contributed by atoms with Crippen LogP contribution in [0.2, 0.25) is 5.02 Å². The zero-order valence-corrected chi connectivity index (χ0v) is 14.0. The van der Waals surface area contributed by atoms with Crippen molar-refractivity contribution >= 4 is 33.5 Å². The Balaban J connectivity index is 2.47. The number of halogens is 1. The van der Waals surface area contributed by atoms with E-state index in [9.17, 15) is 18.0 Å². The van der Waals surface area contributed by atoms with Gasteiger partial charge in [0.25, 0.3) is 0 Å². The monoisotopic (exact) mass is 360 g/mol. The standard InChI is InChI=1S/C14H17ClN2O5S/c1-8-11(15)5-10(14(19)20)6-12(8)23(21,22)17-4-2-3-9(7-17)13(16)18/h5-6,9H,2-4,7H2,1H3,(H2,16,18)(H,19,20). The molecule has 9 heteroatoms. The number of hydrogen-bond acceptors (Lipinski definition) is 4. The minimum Gasteiger partial charge on any atom is -0.478 e. The van der Waals surface area contributed by atoms with Gasteiger partial charge in [0.1, 0.15) is 0 Å². The van der Waals surface area contributed by atoms with Gasteiger partial charge in [0.05, 0.1) is 16.4 Å². The van der Waals surface area contributed by atoms with Crippen LogP contribution in [0, 0.1) is 12.8 Å². The molecule has 0 aromatic heterocycles. The van der Waals surface area contributed by atoms with Crippen LogP contribution in [-0.4, -0.2) is 42.8 Å². The van der Waals surface area contributed by atoms with Crippen LogP contribution in [0.3, 0.4) is 0 Å². The molecule has 0 spiro atoms. The van der Waals surface area contributed by atoms with Crippen LogP contribution < -0.4 is 5.73 Å². The summed E-state index contributed by atoms with van der Waals surface area (Å²) >= 11 is 5.97. The van der Waals surface area contributed by atoms with Crippen LogP contribution in [0.1, 0.15) is 28.8 Å². The van der Waals surface area contributed by atoms with E-state index in [-0.39, 0.29) is 34.1 Å². The first-order valence-electron chi connectivity index (χ1n) is 6.97. The van der Waals surface area contributed by atoms with Crippen LogP contribution in [0.25, 0.3) is 0 Å². The highest BCUT2D eigenvalue weighted by atomic mass is 35.5. The largest absolute Gasteiger partial charge is 0.478 e. The number of aromatic carboxylic acids is 1. The Morgan fingerprint density at radius 2 is 2.04 bits per heavy atom. The Kier molecular flexibility index (Phi) is 4.98. The number of primary amides is 1. The third-order valence-electron chi connectivity index (χ3n) is 3.95. The number of carbonyl (C=O) groups excluding carboxylic acids is 1. The highest BCUT2D eigenvalue weighted by Gasteiger charge is 2.34. The molecule has 0 saturated carbocycles. The summed E-state index contributed by atoms with van der Waals surface area (Å²) in [5.74, 6) is -2.35. The molecule has 1 unspecified atom stereocenters. The van der Waals surface area contributed by atoms with Crippen LogP contribution in [0.4, 0.5) is 0 Å². The SMILES string of the molecule is Cc1c(Cl)cc(C(=O)O)cc1S(=O)(=O)N1CCCC(C(N)=O)C1. The van der Waals surface area contributed by atoms with E-state index in [1.807, 2.05) is 0 Å². The number of carboxylic acid groups (broad SMARTS) is 1. The zero-order valence-electron chi connectivity index (χ0n) is 12.5. The molecule has 0 aliphatic carbocycles. The third-order valence-corrected chi connectivity index (χ3v) is 6.33. The molecule has 1 heterocycles. The van der Waals surface area contributed by atoms with Gasteiger partial charge >= 0.3 is 5.97 Å². The highest BCUT2D eigenvalue weighted by molar-refractivity contribution is 7.89. The molecule has 7 nitrogen and oxygen atoms in total. The van der Waals surface area contributed by atoms with E-state index in [1.54, 1.807) is 0 Å². The lowest BCUT2D eigenvalue weighted by atomic mass is 9.99. The average Bonchev–Trinajstić information content (AvgIpc) is 2.49. The predicted octanol–water partition coefficient (Wildman–Crippen LogP) is 1.23. The van der Waals surface area contributed by atoms with E-state index >= 15 is 0 Å². The van der Waals surface area contributed by atoms with E-state index in [0.29, 0.717) is 12.8 Å². The number of nitrogens with zero attached hydrogens (tertiary/aromatic N) is 1. The fraction of sp³-hybridized carbons (Fsp3) is 0.429. The summed E-state index contributed by atoms with van der Waals surface area (Å²) in [5, 5.41) is 9.15. The molecule has 1 fully saturated rings. The second-order valence-electron chi connectivity index (χ2n) is 5.49. The summed E-state index contributed by atoms with van der Waals surface area (Å²) < 4.78 is 26.8. The lowest BCUT2D eigenvalue weighted by Gasteiger charge is -2.30. The number of hydrogen-bond donors (Lipinski definition) is 2. The van der Waals surface area contributed by atoms with Crippen LogP contribution in [-0.2, 0) is 14.8 Å². The summed E-state index contributed by atoms with van der Waals surface area (Å²) in [7, 11) is -3.96. The van der Waals surface area contributed by atoms with Gasteiger partial charge in [-0.15, -0.1) is 0 Å². The van der Waals surface area contributed by atoms with Crippen LogP contribution >= 0.6 is 11.6 Å². The molecule has 2 rings (SSSR count). The van der Waals surface area contributed by atoms with Crippen molar-refractivity contribution in [2.75, 3.05) is 13.1 Å². The third kappa shape index (κ3) is 3.49. The van der Waals surface area contributed by atoms with Crippen LogP contribution in [0.15, 0.2) is 17.0 Å². The molecule has 1 atom stereocenters. The highest BCUT2D eigenvalue weighted by Crippen LogP contribution is 2.30. The van der Waals surface area contributed by atoms with E-state index in [4.69, 9.17) is 22.4 Å². The second-order valence-corrected chi connectivity index (χ2v) is 7.80. The topological polar surface area (TPSA) is 118 Å². The number of amides is 1. The van der Waals surface area contributed by atoms with Gasteiger partial charge in [0, 0.05) is 18.1 Å². The molecular formula is C14H17ClN2O5S. The average molecular weight is 361 g/mol. The van der Waals surface area contributed by atoms with Crippen molar-refractivity contribution in [3.05, 3.63) is 28.3 Å². The lowest BCUT2D eigenvalue weighted by Crippen LogP contribution is -2.44. The van der Waals surface area contributed by atoms with Gasteiger partial charge in [0.2, 0.25) is 15.9 Å². The van der Waals surface area contributed by atoms with Gasteiger partial charge in [-0.05, 0) is 37.5 Å². The molecule has 23 heavy (non-hydrogen) atoms. The summed E-state index contributed by atoms with van der Waals surface area (Å²) in [6, 6.07) is 2.30. The first kappa shape index (κ1) is 17.7. The molecule has 1 saturated heterocycles. The van der Waals surface area contributed by atoms with E-state index < -0.39 is 27.8 Å². The maximum Gasteiger partial charge on any atom is 0.335 e. The smallest absolute Gasteiger partial charge is 0.335 e. The Morgan fingerprint density at radius 3 is 2.61 bits per heavy atom. The van der Waals surface area contributed by atoms with Gasteiger partial charge in [-0.3, -0.25) is 4.79 Å². The van der Waals surface area contributed by atoms with Crippen molar-refractivity contribution in [3.8, 4) is 0 Å². The number of nitrogens with two attached hydrogens (primary N) is 1. The van der Waals surface area contributed by atoms with Crippen LogP contribution in [0.5, 0.6) is 0 Å². The van der Waals surface area contributed by atoms with E-state index in [2.05, 4.69) is 0 Å². The first-order valence-corrected chi connectivity index (χ1v) is 8.79. The number of piperidine rings is 1. The number of rotatable bonds is 4. The molecule has 1 amide bonds. The molecule has 1 aliphatic heterocycles. The Hall–Kier alpha value is -1.64. The van der Waals surface area contributed by atoms with Crippen molar-refractivity contribution in [2.45, 2.75) is 24.7 Å². The summed E-state index contributed by atoms with van der Waals surface area (Å²) in [4.78, 5) is 22.3. The van der Waals surface area contributed by atoms with Crippen molar-refractivity contribution in [1.29, 1.82) is 0 Å². The van der Waals surface area contributed by atoms with Gasteiger partial charge < -0.3 is 10.8 Å². The Bertz CT molecular complexity index is 763. The molecule has 3 N–H and O–H groups in total. The van der Waals surface area contributed by atoms with Crippen molar-refractivity contribution in [1.82, 2.24) is 4.31 Å². The minimum atomic E-state index is -3.96. The van der Waals surface area contributed by atoms with Gasteiger partial charge in [0.15, 0.2) is 0 Å². The molecular weight excluding hydrogens is 344 g/mol. The maximum absolute atomic E-state index is 12.8. The minimum absolute atomic E-state index is 0.00791. The number of benzene rings is 1. The molecule has 1 aromatic rings. The van der Waals surface area contributed by atoms with Gasteiger partial charge in [-0.2, -0.15) is 4.31 Å². The van der Waals surface area contributed by atoms with Crippen molar-refractivity contribution in [3.63, 3.8) is 0 Å². The van der Waals surface area contributed by atoms with E-state index in [1.165, 1.54) is 13.0 Å². The fourth-order valence-electron chi connectivity index (χ4n) is 2.58.